The minimum absolute atomic E-state index is 0.305. The third-order valence-electron chi connectivity index (χ3n) is 2.83. The Kier molecular flexibility index (Phi) is 4.93. The van der Waals surface area contributed by atoms with Crippen LogP contribution in [0.5, 0.6) is 0 Å². The van der Waals surface area contributed by atoms with Gasteiger partial charge < -0.3 is 5.32 Å². The highest BCUT2D eigenvalue weighted by molar-refractivity contribution is 5.91. The number of carbonyl (C=O) groups is 1. The Labute approximate surface area is 125 Å². The molecule has 3 nitrogen and oxygen atoms in total. The van der Waals surface area contributed by atoms with E-state index in [-0.39, 0.29) is 5.91 Å². The van der Waals surface area contributed by atoms with E-state index in [1.807, 2.05) is 6.07 Å². The van der Waals surface area contributed by atoms with Gasteiger partial charge in [0.25, 0.3) is 0 Å². The van der Waals surface area contributed by atoms with Crippen LogP contribution in [0.25, 0.3) is 6.08 Å². The molecule has 0 aliphatic carbocycles. The molecule has 2 rings (SSSR count). The molecule has 0 saturated heterocycles. The summed E-state index contributed by atoms with van der Waals surface area (Å²) in [7, 11) is 0. The molecular weight excluding hydrogens is 293 g/mol. The smallest absolute Gasteiger partial charge is 0.348 e. The highest BCUT2D eigenvalue weighted by Gasteiger charge is 2.30. The van der Waals surface area contributed by atoms with E-state index in [1.54, 1.807) is 18.5 Å². The van der Waals surface area contributed by atoms with Gasteiger partial charge in [0, 0.05) is 25.0 Å². The van der Waals surface area contributed by atoms with Crippen molar-refractivity contribution in [3.05, 3.63) is 71.6 Å². The van der Waals surface area contributed by atoms with Crippen molar-refractivity contribution in [2.75, 3.05) is 0 Å². The second-order valence-electron chi connectivity index (χ2n) is 4.54. The van der Waals surface area contributed by atoms with E-state index in [2.05, 4.69) is 10.3 Å². The van der Waals surface area contributed by atoms with Crippen LogP contribution in [-0.2, 0) is 17.5 Å². The molecule has 2 aromatic rings. The average molecular weight is 306 g/mol. The number of nitrogens with zero attached hydrogens (tertiary/aromatic N) is 1. The second-order valence-corrected chi connectivity index (χ2v) is 4.54. The van der Waals surface area contributed by atoms with Crippen molar-refractivity contribution < 1.29 is 18.0 Å². The van der Waals surface area contributed by atoms with Crippen LogP contribution in [0.1, 0.15) is 16.7 Å². The lowest BCUT2D eigenvalue weighted by Crippen LogP contribution is -2.20. The third-order valence-corrected chi connectivity index (χ3v) is 2.83. The number of rotatable bonds is 4. The van der Waals surface area contributed by atoms with E-state index in [4.69, 9.17) is 0 Å². The maximum atomic E-state index is 12.6. The SMILES string of the molecule is O=C(C=Cc1cccc(C(F)(F)F)c1)NCc1cccnc1. The Bertz CT molecular complexity index is 667. The Hall–Kier alpha value is -2.63. The van der Waals surface area contributed by atoms with Crippen molar-refractivity contribution in [1.29, 1.82) is 0 Å². The summed E-state index contributed by atoms with van der Waals surface area (Å²) in [6.45, 7) is 0.305. The van der Waals surface area contributed by atoms with Crippen molar-refractivity contribution in [1.82, 2.24) is 10.3 Å². The van der Waals surface area contributed by atoms with E-state index < -0.39 is 11.7 Å². The van der Waals surface area contributed by atoms with Crippen LogP contribution in [0.3, 0.4) is 0 Å². The van der Waals surface area contributed by atoms with Crippen molar-refractivity contribution in [2.24, 2.45) is 0 Å². The largest absolute Gasteiger partial charge is 0.416 e. The van der Waals surface area contributed by atoms with Crippen LogP contribution < -0.4 is 5.32 Å². The molecule has 1 aromatic carbocycles. The molecule has 22 heavy (non-hydrogen) atoms. The zero-order chi connectivity index (χ0) is 16.0. The predicted molar refractivity (Wildman–Crippen MR) is 76.6 cm³/mol. The van der Waals surface area contributed by atoms with Crippen molar-refractivity contribution in [2.45, 2.75) is 12.7 Å². The van der Waals surface area contributed by atoms with Gasteiger partial charge in [-0.3, -0.25) is 9.78 Å². The van der Waals surface area contributed by atoms with Gasteiger partial charge in [0.15, 0.2) is 0 Å². The second kappa shape index (κ2) is 6.89. The molecule has 0 atom stereocenters. The number of hydrogen-bond donors (Lipinski definition) is 1. The van der Waals surface area contributed by atoms with Crippen LogP contribution in [0.15, 0.2) is 54.9 Å². The van der Waals surface area contributed by atoms with Gasteiger partial charge in [-0.1, -0.05) is 18.2 Å². The average Bonchev–Trinajstić information content (AvgIpc) is 2.51. The summed E-state index contributed by atoms with van der Waals surface area (Å²) in [5.41, 5.74) is 0.403. The summed E-state index contributed by atoms with van der Waals surface area (Å²) in [6, 6.07) is 8.34. The van der Waals surface area contributed by atoms with E-state index in [0.717, 1.165) is 17.7 Å². The Morgan fingerprint density at radius 2 is 2.05 bits per heavy atom. The number of nitrogens with one attached hydrogen (secondary N) is 1. The van der Waals surface area contributed by atoms with E-state index >= 15 is 0 Å². The molecule has 1 heterocycles. The van der Waals surface area contributed by atoms with Crippen LogP contribution in [0.2, 0.25) is 0 Å². The molecule has 0 aliphatic heterocycles. The fourth-order valence-corrected chi connectivity index (χ4v) is 1.74. The number of halogens is 3. The van der Waals surface area contributed by atoms with Crippen LogP contribution in [0, 0.1) is 0 Å². The molecule has 0 bridgehead atoms. The summed E-state index contributed by atoms with van der Waals surface area (Å²) in [5.74, 6) is -0.388. The quantitative estimate of drug-likeness (QED) is 0.879. The summed E-state index contributed by atoms with van der Waals surface area (Å²) >= 11 is 0. The van der Waals surface area contributed by atoms with Gasteiger partial charge in [-0.05, 0) is 35.4 Å². The first-order valence-corrected chi connectivity index (χ1v) is 6.47. The summed E-state index contributed by atoms with van der Waals surface area (Å²) < 4.78 is 37.7. The van der Waals surface area contributed by atoms with Gasteiger partial charge >= 0.3 is 6.18 Å². The number of hydrogen-bond acceptors (Lipinski definition) is 2. The number of alkyl halides is 3. The third kappa shape index (κ3) is 4.73. The Morgan fingerprint density at radius 1 is 1.23 bits per heavy atom. The maximum absolute atomic E-state index is 12.6. The summed E-state index contributed by atoms with van der Waals surface area (Å²) in [5, 5.41) is 2.63. The van der Waals surface area contributed by atoms with Gasteiger partial charge in [0.05, 0.1) is 5.56 Å². The van der Waals surface area contributed by atoms with Crippen molar-refractivity contribution >= 4 is 12.0 Å². The fraction of sp³-hybridized carbons (Fsp3) is 0.125. The molecule has 0 saturated carbocycles. The lowest BCUT2D eigenvalue weighted by molar-refractivity contribution is -0.137. The van der Waals surface area contributed by atoms with Gasteiger partial charge in [-0.2, -0.15) is 13.2 Å². The van der Waals surface area contributed by atoms with Crippen molar-refractivity contribution in [3.8, 4) is 0 Å². The van der Waals surface area contributed by atoms with Gasteiger partial charge in [-0.15, -0.1) is 0 Å². The van der Waals surface area contributed by atoms with Gasteiger partial charge in [0.1, 0.15) is 0 Å². The molecule has 0 radical (unpaired) electrons. The molecule has 0 aliphatic rings. The van der Waals surface area contributed by atoms with E-state index in [0.29, 0.717) is 12.1 Å². The number of carbonyl (C=O) groups excluding carboxylic acids is 1. The Morgan fingerprint density at radius 3 is 2.73 bits per heavy atom. The zero-order valence-electron chi connectivity index (χ0n) is 11.5. The molecule has 0 unspecified atom stereocenters. The van der Waals surface area contributed by atoms with Gasteiger partial charge in [0.2, 0.25) is 5.91 Å². The van der Waals surface area contributed by atoms with Gasteiger partial charge in [-0.25, -0.2) is 0 Å². The first-order chi connectivity index (χ1) is 10.4. The van der Waals surface area contributed by atoms with Crippen molar-refractivity contribution in [3.63, 3.8) is 0 Å². The first-order valence-electron chi connectivity index (χ1n) is 6.47. The van der Waals surface area contributed by atoms with Crippen LogP contribution in [0.4, 0.5) is 13.2 Å². The fourth-order valence-electron chi connectivity index (χ4n) is 1.74. The van der Waals surface area contributed by atoms with E-state index in [9.17, 15) is 18.0 Å². The maximum Gasteiger partial charge on any atom is 0.416 e. The molecule has 114 valence electrons. The normalized spacial score (nSPS) is 11.6. The summed E-state index contributed by atoms with van der Waals surface area (Å²) in [6.07, 6.45) is 1.39. The topological polar surface area (TPSA) is 42.0 Å². The first kappa shape index (κ1) is 15.8. The Balaban J connectivity index is 1.95. The van der Waals surface area contributed by atoms with E-state index in [1.165, 1.54) is 24.3 Å². The molecule has 0 fully saturated rings. The highest BCUT2D eigenvalue weighted by atomic mass is 19.4. The number of aromatic nitrogens is 1. The van der Waals surface area contributed by atoms with Crippen LogP contribution in [-0.4, -0.2) is 10.9 Å². The zero-order valence-corrected chi connectivity index (χ0v) is 11.5. The highest BCUT2D eigenvalue weighted by Crippen LogP contribution is 2.29. The standard InChI is InChI=1S/C16H13F3N2O/c17-16(18,19)14-5-1-3-12(9-14)6-7-15(22)21-11-13-4-2-8-20-10-13/h1-10H,11H2,(H,21,22). The minimum Gasteiger partial charge on any atom is -0.348 e. The monoisotopic (exact) mass is 306 g/mol. The number of benzene rings is 1. The molecule has 0 spiro atoms. The lowest BCUT2D eigenvalue weighted by Gasteiger charge is -2.06. The summed E-state index contributed by atoms with van der Waals surface area (Å²) in [4.78, 5) is 15.5. The lowest BCUT2D eigenvalue weighted by atomic mass is 10.1. The predicted octanol–water partition coefficient (Wildman–Crippen LogP) is 3.43. The molecular formula is C16H13F3N2O. The number of pyridine rings is 1. The van der Waals surface area contributed by atoms with Crippen LogP contribution >= 0.6 is 0 Å². The molecule has 1 N–H and O–H groups in total. The minimum atomic E-state index is -4.40. The molecule has 1 aromatic heterocycles. The molecule has 1 amide bonds. The number of amides is 1. The molecule has 6 heteroatoms.